The molecule has 0 atom stereocenters. The zero-order valence-electron chi connectivity index (χ0n) is 8.73. The van der Waals surface area contributed by atoms with Gasteiger partial charge in [0, 0.05) is 12.4 Å². The largest absolute Gasteiger partial charge is 0.323 e. The molecule has 0 bridgehead atoms. The number of aromatic nitrogens is 3. The summed E-state index contributed by atoms with van der Waals surface area (Å²) in [6.07, 6.45) is 5.15. The molecule has 0 aliphatic carbocycles. The van der Waals surface area contributed by atoms with Crippen molar-refractivity contribution >= 4 is 11.6 Å². The SMILES string of the molecule is Cc1cncc(Nc2ncccc2C)n1. The van der Waals surface area contributed by atoms with Gasteiger partial charge in [0.15, 0.2) is 0 Å². The molecule has 0 aliphatic rings. The number of hydrogen-bond donors (Lipinski definition) is 1. The molecule has 0 saturated heterocycles. The van der Waals surface area contributed by atoms with Crippen molar-refractivity contribution in [3.05, 3.63) is 42.0 Å². The van der Waals surface area contributed by atoms with E-state index < -0.39 is 0 Å². The lowest BCUT2D eigenvalue weighted by molar-refractivity contribution is 1.11. The van der Waals surface area contributed by atoms with E-state index in [1.54, 1.807) is 18.6 Å². The number of anilines is 2. The lowest BCUT2D eigenvalue weighted by Gasteiger charge is -2.06. The number of hydrogen-bond acceptors (Lipinski definition) is 4. The molecular weight excluding hydrogens is 188 g/mol. The second-order valence-corrected chi connectivity index (χ2v) is 3.34. The van der Waals surface area contributed by atoms with Crippen LogP contribution in [0.3, 0.4) is 0 Å². The number of pyridine rings is 1. The second-order valence-electron chi connectivity index (χ2n) is 3.34. The predicted octanol–water partition coefficient (Wildman–Crippen LogP) is 2.23. The van der Waals surface area contributed by atoms with Gasteiger partial charge in [0.05, 0.1) is 11.9 Å². The summed E-state index contributed by atoms with van der Waals surface area (Å²) in [5.41, 5.74) is 1.97. The second kappa shape index (κ2) is 4.04. The Labute approximate surface area is 88.4 Å². The first-order valence-electron chi connectivity index (χ1n) is 4.73. The van der Waals surface area contributed by atoms with Gasteiger partial charge in [0.2, 0.25) is 0 Å². The molecule has 4 heteroatoms. The first-order valence-corrected chi connectivity index (χ1v) is 4.73. The van der Waals surface area contributed by atoms with Crippen LogP contribution >= 0.6 is 0 Å². The molecule has 0 saturated carbocycles. The molecule has 2 aromatic rings. The highest BCUT2D eigenvalue weighted by molar-refractivity contribution is 5.54. The average molecular weight is 200 g/mol. The highest BCUT2D eigenvalue weighted by Gasteiger charge is 2.00. The average Bonchev–Trinajstić information content (AvgIpc) is 2.22. The van der Waals surface area contributed by atoms with Crippen LogP contribution in [0.2, 0.25) is 0 Å². The van der Waals surface area contributed by atoms with Crippen molar-refractivity contribution in [1.82, 2.24) is 15.0 Å². The van der Waals surface area contributed by atoms with Gasteiger partial charge in [-0.05, 0) is 25.5 Å². The number of rotatable bonds is 2. The molecule has 0 unspecified atom stereocenters. The molecular formula is C11H12N4. The Balaban J connectivity index is 2.26. The van der Waals surface area contributed by atoms with E-state index in [1.807, 2.05) is 26.0 Å². The van der Waals surface area contributed by atoms with E-state index in [1.165, 1.54) is 0 Å². The normalized spacial score (nSPS) is 10.0. The minimum Gasteiger partial charge on any atom is -0.323 e. The lowest BCUT2D eigenvalue weighted by atomic mass is 10.3. The Kier molecular flexibility index (Phi) is 2.58. The topological polar surface area (TPSA) is 50.7 Å². The number of nitrogens with one attached hydrogen (secondary N) is 1. The van der Waals surface area contributed by atoms with Gasteiger partial charge in [-0.1, -0.05) is 6.07 Å². The van der Waals surface area contributed by atoms with E-state index in [0.29, 0.717) is 0 Å². The molecule has 15 heavy (non-hydrogen) atoms. The molecule has 0 fully saturated rings. The van der Waals surface area contributed by atoms with Gasteiger partial charge in [-0.3, -0.25) is 4.98 Å². The Morgan fingerprint density at radius 2 is 2.07 bits per heavy atom. The standard InChI is InChI=1S/C11H12N4/c1-8-4-3-5-13-11(8)15-10-7-12-6-9(2)14-10/h3-7H,1-2H3,(H,13,14,15). The summed E-state index contributed by atoms with van der Waals surface area (Å²) >= 11 is 0. The minimum absolute atomic E-state index is 0.719. The fourth-order valence-corrected chi connectivity index (χ4v) is 1.26. The Morgan fingerprint density at radius 3 is 2.80 bits per heavy atom. The molecule has 2 rings (SSSR count). The summed E-state index contributed by atoms with van der Waals surface area (Å²) in [7, 11) is 0. The molecule has 0 aliphatic heterocycles. The van der Waals surface area contributed by atoms with Crippen LogP contribution in [0.5, 0.6) is 0 Å². The van der Waals surface area contributed by atoms with E-state index >= 15 is 0 Å². The summed E-state index contributed by atoms with van der Waals surface area (Å²) < 4.78 is 0. The maximum atomic E-state index is 4.30. The predicted molar refractivity (Wildman–Crippen MR) is 59.0 cm³/mol. The summed E-state index contributed by atoms with van der Waals surface area (Å²) in [6.45, 7) is 3.90. The third-order valence-electron chi connectivity index (χ3n) is 2.01. The zero-order chi connectivity index (χ0) is 10.7. The fraction of sp³-hybridized carbons (Fsp3) is 0.182. The fourth-order valence-electron chi connectivity index (χ4n) is 1.26. The van der Waals surface area contributed by atoms with Crippen molar-refractivity contribution in [3.8, 4) is 0 Å². The van der Waals surface area contributed by atoms with Crippen molar-refractivity contribution in [2.45, 2.75) is 13.8 Å². The van der Waals surface area contributed by atoms with Crippen molar-refractivity contribution in [2.75, 3.05) is 5.32 Å². The Morgan fingerprint density at radius 1 is 1.20 bits per heavy atom. The van der Waals surface area contributed by atoms with Crippen molar-refractivity contribution in [1.29, 1.82) is 0 Å². The third-order valence-corrected chi connectivity index (χ3v) is 2.01. The van der Waals surface area contributed by atoms with Gasteiger partial charge in [0.1, 0.15) is 11.6 Å². The lowest BCUT2D eigenvalue weighted by Crippen LogP contribution is -1.99. The summed E-state index contributed by atoms with van der Waals surface area (Å²) in [5.74, 6) is 1.54. The van der Waals surface area contributed by atoms with E-state index in [-0.39, 0.29) is 0 Å². The summed E-state index contributed by atoms with van der Waals surface area (Å²) in [4.78, 5) is 12.6. The van der Waals surface area contributed by atoms with Crippen LogP contribution < -0.4 is 5.32 Å². The van der Waals surface area contributed by atoms with Gasteiger partial charge in [0.25, 0.3) is 0 Å². The van der Waals surface area contributed by atoms with E-state index in [0.717, 1.165) is 22.9 Å². The van der Waals surface area contributed by atoms with Crippen molar-refractivity contribution in [2.24, 2.45) is 0 Å². The van der Waals surface area contributed by atoms with E-state index in [9.17, 15) is 0 Å². The van der Waals surface area contributed by atoms with Crippen molar-refractivity contribution in [3.63, 3.8) is 0 Å². The minimum atomic E-state index is 0.719. The molecule has 76 valence electrons. The highest BCUT2D eigenvalue weighted by Crippen LogP contribution is 2.14. The molecule has 0 amide bonds. The maximum absolute atomic E-state index is 4.30. The van der Waals surface area contributed by atoms with E-state index in [2.05, 4.69) is 20.3 Å². The quantitative estimate of drug-likeness (QED) is 0.807. The van der Waals surface area contributed by atoms with Crippen LogP contribution in [-0.4, -0.2) is 15.0 Å². The molecule has 2 heterocycles. The van der Waals surface area contributed by atoms with Crippen LogP contribution in [0.4, 0.5) is 11.6 Å². The van der Waals surface area contributed by atoms with Crippen molar-refractivity contribution < 1.29 is 0 Å². The Hall–Kier alpha value is -1.97. The molecule has 0 radical (unpaired) electrons. The van der Waals surface area contributed by atoms with E-state index in [4.69, 9.17) is 0 Å². The van der Waals surface area contributed by atoms with Crippen LogP contribution in [-0.2, 0) is 0 Å². The molecule has 2 aromatic heterocycles. The smallest absolute Gasteiger partial charge is 0.150 e. The van der Waals surface area contributed by atoms with Crippen LogP contribution in [0, 0.1) is 13.8 Å². The Bertz CT molecular complexity index is 468. The first kappa shape index (κ1) is 9.58. The van der Waals surface area contributed by atoms with Gasteiger partial charge in [-0.25, -0.2) is 9.97 Å². The first-order chi connectivity index (χ1) is 7.25. The number of aryl methyl sites for hydroxylation is 2. The number of nitrogens with zero attached hydrogens (tertiary/aromatic N) is 3. The van der Waals surface area contributed by atoms with Gasteiger partial charge in [-0.2, -0.15) is 0 Å². The van der Waals surface area contributed by atoms with Crippen LogP contribution in [0.1, 0.15) is 11.3 Å². The highest BCUT2D eigenvalue weighted by atomic mass is 15.1. The van der Waals surface area contributed by atoms with Gasteiger partial charge in [-0.15, -0.1) is 0 Å². The molecule has 0 aromatic carbocycles. The van der Waals surface area contributed by atoms with Crippen LogP contribution in [0.25, 0.3) is 0 Å². The molecule has 4 nitrogen and oxygen atoms in total. The van der Waals surface area contributed by atoms with Gasteiger partial charge >= 0.3 is 0 Å². The third kappa shape index (κ3) is 2.28. The summed E-state index contributed by atoms with van der Waals surface area (Å²) in [6, 6.07) is 3.90. The van der Waals surface area contributed by atoms with Crippen LogP contribution in [0.15, 0.2) is 30.7 Å². The monoisotopic (exact) mass is 200 g/mol. The molecule has 0 spiro atoms. The maximum Gasteiger partial charge on any atom is 0.150 e. The molecule has 1 N–H and O–H groups in total. The zero-order valence-corrected chi connectivity index (χ0v) is 8.73. The summed E-state index contributed by atoms with van der Waals surface area (Å²) in [5, 5.41) is 3.13. The van der Waals surface area contributed by atoms with Gasteiger partial charge < -0.3 is 5.32 Å².